The Kier molecular flexibility index (Phi) is 4.02. The Morgan fingerprint density at radius 1 is 1.32 bits per heavy atom. The number of nitrogens with zero attached hydrogens (tertiary/aromatic N) is 2. The number of nitrogens with one attached hydrogen (secondary N) is 1. The highest BCUT2D eigenvalue weighted by Gasteiger charge is 2.13. The number of hydrogen-bond acceptors (Lipinski definition) is 4. The van der Waals surface area contributed by atoms with Crippen LogP contribution in [0.15, 0.2) is 42.6 Å². The van der Waals surface area contributed by atoms with E-state index in [1.54, 1.807) is 6.20 Å². The van der Waals surface area contributed by atoms with E-state index < -0.39 is 10.7 Å². The second-order valence-corrected chi connectivity index (χ2v) is 3.92. The third kappa shape index (κ3) is 3.48. The van der Waals surface area contributed by atoms with Crippen LogP contribution in [0.3, 0.4) is 0 Å². The number of nitro groups is 1. The van der Waals surface area contributed by atoms with Crippen molar-refractivity contribution in [3.8, 4) is 0 Å². The van der Waals surface area contributed by atoms with Crippen molar-refractivity contribution in [3.05, 3.63) is 64.2 Å². The Morgan fingerprint density at radius 2 is 2.16 bits per heavy atom. The van der Waals surface area contributed by atoms with Gasteiger partial charge < -0.3 is 5.32 Å². The summed E-state index contributed by atoms with van der Waals surface area (Å²) in [6.45, 7) is 0.446. The van der Waals surface area contributed by atoms with Gasteiger partial charge in [0.1, 0.15) is 11.5 Å². The molecular weight excluding hydrogens is 249 g/mol. The van der Waals surface area contributed by atoms with Gasteiger partial charge in [0.05, 0.1) is 4.92 Å². The summed E-state index contributed by atoms with van der Waals surface area (Å²) in [7, 11) is 0. The van der Waals surface area contributed by atoms with Crippen LogP contribution in [0.2, 0.25) is 0 Å². The molecule has 0 aliphatic heterocycles. The highest BCUT2D eigenvalue weighted by molar-refractivity contribution is 5.61. The van der Waals surface area contributed by atoms with Crippen molar-refractivity contribution in [3.63, 3.8) is 0 Å². The van der Waals surface area contributed by atoms with Gasteiger partial charge in [-0.25, -0.2) is 4.39 Å². The minimum atomic E-state index is -0.539. The number of rotatable bonds is 5. The average molecular weight is 261 g/mol. The fourth-order valence-corrected chi connectivity index (χ4v) is 1.68. The van der Waals surface area contributed by atoms with Crippen molar-refractivity contribution < 1.29 is 9.31 Å². The number of hydrogen-bond donors (Lipinski definition) is 1. The second-order valence-electron chi connectivity index (χ2n) is 3.92. The van der Waals surface area contributed by atoms with Crippen LogP contribution in [0.4, 0.5) is 15.8 Å². The molecule has 0 saturated heterocycles. The maximum atomic E-state index is 13.1. The van der Waals surface area contributed by atoms with Crippen molar-refractivity contribution in [1.29, 1.82) is 0 Å². The molecule has 0 bridgehead atoms. The van der Waals surface area contributed by atoms with Crippen LogP contribution in [0, 0.1) is 15.9 Å². The molecule has 0 radical (unpaired) electrons. The first kappa shape index (κ1) is 12.9. The molecule has 1 heterocycles. The predicted octanol–water partition coefficient (Wildman–Crippen LogP) is 2.78. The summed E-state index contributed by atoms with van der Waals surface area (Å²) in [5, 5.41) is 13.7. The van der Waals surface area contributed by atoms with Crippen molar-refractivity contribution in [1.82, 2.24) is 4.98 Å². The molecule has 0 amide bonds. The maximum absolute atomic E-state index is 13.1. The molecule has 19 heavy (non-hydrogen) atoms. The monoisotopic (exact) mass is 261 g/mol. The van der Waals surface area contributed by atoms with Gasteiger partial charge in [0.2, 0.25) is 0 Å². The van der Waals surface area contributed by atoms with Crippen molar-refractivity contribution in [2.45, 2.75) is 6.42 Å². The summed E-state index contributed by atoms with van der Waals surface area (Å²) in [4.78, 5) is 14.4. The molecule has 2 rings (SSSR count). The molecule has 0 atom stereocenters. The van der Waals surface area contributed by atoms with E-state index in [2.05, 4.69) is 10.3 Å². The van der Waals surface area contributed by atoms with E-state index in [1.165, 1.54) is 0 Å². The Bertz CT molecular complexity index is 575. The Balaban J connectivity index is 2.03. The highest BCUT2D eigenvalue weighted by atomic mass is 19.1. The summed E-state index contributed by atoms with van der Waals surface area (Å²) in [6, 6.07) is 8.89. The molecule has 98 valence electrons. The topological polar surface area (TPSA) is 68.1 Å². The predicted molar refractivity (Wildman–Crippen MR) is 69.5 cm³/mol. The molecule has 0 saturated carbocycles. The van der Waals surface area contributed by atoms with Gasteiger partial charge in [0.25, 0.3) is 5.69 Å². The number of pyridine rings is 1. The number of halogens is 1. The first-order chi connectivity index (χ1) is 9.16. The molecule has 5 nitrogen and oxygen atoms in total. The van der Waals surface area contributed by atoms with Crippen molar-refractivity contribution in [2.24, 2.45) is 0 Å². The fourth-order valence-electron chi connectivity index (χ4n) is 1.68. The van der Waals surface area contributed by atoms with E-state index in [0.717, 1.165) is 23.9 Å². The summed E-state index contributed by atoms with van der Waals surface area (Å²) in [5.74, 6) is -0.508. The Morgan fingerprint density at radius 3 is 2.84 bits per heavy atom. The van der Waals surface area contributed by atoms with Crippen LogP contribution in [0.5, 0.6) is 0 Å². The highest BCUT2D eigenvalue weighted by Crippen LogP contribution is 2.24. The van der Waals surface area contributed by atoms with Crippen molar-refractivity contribution in [2.75, 3.05) is 11.9 Å². The van der Waals surface area contributed by atoms with Crippen LogP contribution in [0.25, 0.3) is 0 Å². The number of anilines is 1. The van der Waals surface area contributed by atoms with E-state index >= 15 is 0 Å². The lowest BCUT2D eigenvalue weighted by Crippen LogP contribution is -2.08. The maximum Gasteiger partial charge on any atom is 0.292 e. The lowest BCUT2D eigenvalue weighted by atomic mass is 10.2. The number of aromatic nitrogens is 1. The van der Waals surface area contributed by atoms with Gasteiger partial charge in [-0.2, -0.15) is 0 Å². The molecule has 0 unspecified atom stereocenters. The quantitative estimate of drug-likeness (QED) is 0.663. The van der Waals surface area contributed by atoms with Crippen LogP contribution >= 0.6 is 0 Å². The smallest absolute Gasteiger partial charge is 0.292 e. The molecule has 0 fully saturated rings. The van der Waals surface area contributed by atoms with Crippen LogP contribution in [-0.2, 0) is 6.42 Å². The van der Waals surface area contributed by atoms with Gasteiger partial charge >= 0.3 is 0 Å². The number of benzene rings is 1. The molecule has 6 heteroatoms. The average Bonchev–Trinajstić information content (AvgIpc) is 2.39. The summed E-state index contributed by atoms with van der Waals surface area (Å²) in [5.41, 5.74) is 0.914. The zero-order valence-electron chi connectivity index (χ0n) is 10.0. The van der Waals surface area contributed by atoms with Gasteiger partial charge in [-0.1, -0.05) is 6.07 Å². The largest absolute Gasteiger partial charge is 0.379 e. The minimum Gasteiger partial charge on any atom is -0.379 e. The van der Waals surface area contributed by atoms with E-state index in [9.17, 15) is 14.5 Å². The molecule has 1 aromatic carbocycles. The molecule has 2 aromatic rings. The number of nitro benzene ring substituents is 1. The molecule has 1 N–H and O–H groups in total. The molecular formula is C13H12FN3O2. The minimum absolute atomic E-state index is 0.137. The van der Waals surface area contributed by atoms with Crippen LogP contribution in [0.1, 0.15) is 5.69 Å². The van der Waals surface area contributed by atoms with Gasteiger partial charge in [0.15, 0.2) is 0 Å². The lowest BCUT2D eigenvalue weighted by Gasteiger charge is -2.06. The first-order valence-electron chi connectivity index (χ1n) is 5.74. The van der Waals surface area contributed by atoms with Gasteiger partial charge in [-0.15, -0.1) is 0 Å². The normalized spacial score (nSPS) is 10.2. The summed E-state index contributed by atoms with van der Waals surface area (Å²) < 4.78 is 13.1. The third-order valence-electron chi connectivity index (χ3n) is 2.58. The molecule has 1 aromatic heterocycles. The fraction of sp³-hybridized carbons (Fsp3) is 0.154. The van der Waals surface area contributed by atoms with Gasteiger partial charge in [0, 0.05) is 37.0 Å². The van der Waals surface area contributed by atoms with Gasteiger partial charge in [-0.05, 0) is 18.2 Å². The van der Waals surface area contributed by atoms with E-state index in [0.29, 0.717) is 13.0 Å². The SMILES string of the molecule is O=[N+]([O-])c1ccc(F)cc1NCCc1ccccn1. The second kappa shape index (κ2) is 5.90. The molecule has 0 aliphatic carbocycles. The summed E-state index contributed by atoms with van der Waals surface area (Å²) in [6.07, 6.45) is 2.29. The van der Waals surface area contributed by atoms with Crippen LogP contribution < -0.4 is 5.32 Å². The van der Waals surface area contributed by atoms with E-state index in [1.807, 2.05) is 18.2 Å². The van der Waals surface area contributed by atoms with Gasteiger partial charge in [-0.3, -0.25) is 15.1 Å². The lowest BCUT2D eigenvalue weighted by molar-refractivity contribution is -0.384. The van der Waals surface area contributed by atoms with E-state index in [4.69, 9.17) is 0 Å². The summed E-state index contributed by atoms with van der Waals surface area (Å²) >= 11 is 0. The molecule has 0 aliphatic rings. The molecule has 0 spiro atoms. The zero-order valence-corrected chi connectivity index (χ0v) is 10.0. The van der Waals surface area contributed by atoms with E-state index in [-0.39, 0.29) is 11.4 Å². The third-order valence-corrected chi connectivity index (χ3v) is 2.58. The Labute approximate surface area is 109 Å². The van der Waals surface area contributed by atoms with Crippen LogP contribution in [-0.4, -0.2) is 16.5 Å². The van der Waals surface area contributed by atoms with Crippen molar-refractivity contribution >= 4 is 11.4 Å². The standard InChI is InChI=1S/C13H12FN3O2/c14-10-4-5-13(17(18)19)12(9-10)16-8-6-11-3-1-2-7-15-11/h1-5,7,9,16H,6,8H2. The Hall–Kier alpha value is -2.50. The first-order valence-corrected chi connectivity index (χ1v) is 5.74. The zero-order chi connectivity index (χ0) is 13.7.